The predicted octanol–water partition coefficient (Wildman–Crippen LogP) is 9.29. The standard InChI is InChI=1S/C53H42N16O2/c1-3-43(70)62-42-16-14-30(24-57-42)32-21-37-48(67-69-49(37)58-25-32)52-63-44-29(13-15-36(46(44)65-52)40-11-5-7-18-56-40)19-28(2)53(71)60-34-20-31(23-54-27-34)33-22-38-47(66-68-50(38)59-26-33)51-61-41-12-8-9-35(45(41)64-51)39-10-4-6-17-55-39/h4-7,9-11,13-18,20-28H,3,8,12,19H2,1-2H3,(H,60,71)(H,61,64)(H,63,65)(H,57,62,70)(H,58,67,69)(H,59,66,68). The van der Waals surface area contributed by atoms with Crippen molar-refractivity contribution in [3.63, 3.8) is 0 Å². The number of amides is 2. The molecule has 0 aliphatic heterocycles. The number of aromatic amines is 4. The van der Waals surface area contributed by atoms with Crippen LogP contribution in [0, 0.1) is 5.92 Å². The van der Waals surface area contributed by atoms with Gasteiger partial charge in [0, 0.05) is 88.6 Å². The van der Waals surface area contributed by atoms with E-state index in [0.717, 1.165) is 96.6 Å². The number of allylic oxidation sites excluding steroid dienone is 1. The van der Waals surface area contributed by atoms with E-state index in [-0.39, 0.29) is 11.8 Å². The summed E-state index contributed by atoms with van der Waals surface area (Å²) in [6, 6.07) is 25.2. The van der Waals surface area contributed by atoms with Gasteiger partial charge in [-0.05, 0) is 79.4 Å². The maximum Gasteiger partial charge on any atom is 0.227 e. The van der Waals surface area contributed by atoms with E-state index in [4.69, 9.17) is 9.97 Å². The molecule has 18 heteroatoms. The third kappa shape index (κ3) is 8.11. The highest BCUT2D eigenvalue weighted by atomic mass is 16.2. The van der Waals surface area contributed by atoms with Crippen molar-refractivity contribution in [2.24, 2.45) is 5.92 Å². The molecule has 0 spiro atoms. The second kappa shape index (κ2) is 17.8. The van der Waals surface area contributed by atoms with E-state index in [2.05, 4.69) is 77.0 Å². The lowest BCUT2D eigenvalue weighted by Gasteiger charge is -2.14. The van der Waals surface area contributed by atoms with Crippen LogP contribution in [0.3, 0.4) is 0 Å². The Labute approximate surface area is 404 Å². The molecule has 1 aliphatic rings. The van der Waals surface area contributed by atoms with Crippen LogP contribution < -0.4 is 10.6 Å². The van der Waals surface area contributed by atoms with Crippen molar-refractivity contribution in [1.29, 1.82) is 0 Å². The molecule has 0 bridgehead atoms. The van der Waals surface area contributed by atoms with Crippen molar-refractivity contribution in [3.05, 3.63) is 151 Å². The molecule has 346 valence electrons. The number of aromatic nitrogens is 14. The Kier molecular flexibility index (Phi) is 10.7. The molecule has 1 aliphatic carbocycles. The van der Waals surface area contributed by atoms with Crippen LogP contribution in [-0.4, -0.2) is 82.0 Å². The largest absolute Gasteiger partial charge is 0.340 e. The van der Waals surface area contributed by atoms with Gasteiger partial charge in [-0.15, -0.1) is 0 Å². The van der Waals surface area contributed by atoms with Crippen LogP contribution in [0.15, 0.2) is 128 Å². The number of hydrogen-bond donors (Lipinski definition) is 6. The van der Waals surface area contributed by atoms with Crippen LogP contribution in [0.5, 0.6) is 0 Å². The average Bonchev–Trinajstić information content (AvgIpc) is 4.24. The molecular weight excluding hydrogens is 893 g/mol. The number of fused-ring (bicyclic) bond motifs is 4. The minimum atomic E-state index is -0.462. The van der Waals surface area contributed by atoms with E-state index < -0.39 is 5.92 Å². The molecule has 0 radical (unpaired) electrons. The number of aryl methyl sites for hydroxylation is 1. The minimum absolute atomic E-state index is 0.110. The second-order valence-corrected chi connectivity index (χ2v) is 17.4. The fourth-order valence-corrected chi connectivity index (χ4v) is 9.00. The smallest absolute Gasteiger partial charge is 0.227 e. The molecule has 1 atom stereocenters. The third-order valence-corrected chi connectivity index (χ3v) is 12.7. The number of nitrogens with one attached hydrogen (secondary N) is 6. The Morgan fingerprint density at radius 1 is 0.690 bits per heavy atom. The van der Waals surface area contributed by atoms with Crippen LogP contribution in [-0.2, 0) is 22.4 Å². The van der Waals surface area contributed by atoms with Crippen LogP contribution in [0.2, 0.25) is 0 Å². The number of benzene rings is 1. The molecule has 6 N–H and O–H groups in total. The Balaban J connectivity index is 0.805. The molecule has 1 unspecified atom stereocenters. The molecular formula is C53H42N16O2. The van der Waals surface area contributed by atoms with Crippen LogP contribution in [0.4, 0.5) is 11.5 Å². The molecule has 0 saturated carbocycles. The van der Waals surface area contributed by atoms with E-state index in [1.165, 1.54) is 0 Å². The molecule has 10 heterocycles. The van der Waals surface area contributed by atoms with Crippen molar-refractivity contribution in [2.75, 3.05) is 10.6 Å². The Morgan fingerprint density at radius 3 is 2.10 bits per heavy atom. The summed E-state index contributed by atoms with van der Waals surface area (Å²) in [6.07, 6.45) is 16.8. The zero-order valence-electron chi connectivity index (χ0n) is 38.3. The summed E-state index contributed by atoms with van der Waals surface area (Å²) < 4.78 is 0. The van der Waals surface area contributed by atoms with Crippen LogP contribution in [0.25, 0.3) is 95.2 Å². The highest BCUT2D eigenvalue weighted by molar-refractivity contribution is 5.99. The summed E-state index contributed by atoms with van der Waals surface area (Å²) in [5.74, 6) is 0.943. The zero-order chi connectivity index (χ0) is 48.0. The number of carbonyl (C=O) groups excluding carboxylic acids is 2. The third-order valence-electron chi connectivity index (χ3n) is 12.7. The molecule has 18 nitrogen and oxygen atoms in total. The van der Waals surface area contributed by atoms with Gasteiger partial charge in [-0.1, -0.05) is 44.2 Å². The maximum absolute atomic E-state index is 14.0. The monoisotopic (exact) mass is 934 g/mol. The minimum Gasteiger partial charge on any atom is -0.340 e. The fourth-order valence-electron chi connectivity index (χ4n) is 9.00. The van der Waals surface area contributed by atoms with Gasteiger partial charge in [-0.25, -0.2) is 24.9 Å². The van der Waals surface area contributed by atoms with Gasteiger partial charge in [0.15, 0.2) is 22.9 Å². The number of hydrogen-bond acceptors (Lipinski definition) is 12. The molecule has 11 aromatic rings. The molecule has 1 aromatic carbocycles. The highest BCUT2D eigenvalue weighted by Crippen LogP contribution is 2.36. The van der Waals surface area contributed by atoms with E-state index in [1.807, 2.05) is 79.7 Å². The summed E-state index contributed by atoms with van der Waals surface area (Å²) in [5, 5.41) is 22.7. The van der Waals surface area contributed by atoms with Crippen molar-refractivity contribution < 1.29 is 9.59 Å². The number of pyridine rings is 6. The van der Waals surface area contributed by atoms with Crippen molar-refractivity contribution in [1.82, 2.24) is 70.2 Å². The number of nitrogens with zero attached hydrogens (tertiary/aromatic N) is 10. The molecule has 10 aromatic heterocycles. The number of H-pyrrole nitrogens is 4. The number of imidazole rings is 2. The van der Waals surface area contributed by atoms with E-state index >= 15 is 0 Å². The van der Waals surface area contributed by atoms with Gasteiger partial charge in [0.25, 0.3) is 0 Å². The lowest BCUT2D eigenvalue weighted by atomic mass is 9.96. The second-order valence-electron chi connectivity index (χ2n) is 17.4. The van der Waals surface area contributed by atoms with Crippen molar-refractivity contribution in [2.45, 2.75) is 39.5 Å². The van der Waals surface area contributed by atoms with Gasteiger partial charge in [0.05, 0.1) is 50.8 Å². The van der Waals surface area contributed by atoms with E-state index in [0.29, 0.717) is 58.5 Å². The Morgan fingerprint density at radius 2 is 1.39 bits per heavy atom. The Bertz CT molecular complexity index is 3850. The molecule has 0 fully saturated rings. The first-order valence-corrected chi connectivity index (χ1v) is 23.2. The zero-order valence-corrected chi connectivity index (χ0v) is 38.3. The first kappa shape index (κ1) is 42.8. The SMILES string of the molecule is CCC(=O)Nc1ccc(-c2cnc3n[nH]c(-c4nc5c(CC(C)C(=O)Nc6cncc(-c7cnc8n[nH]c(-c9nc%10c([nH]9)CCC=C%10c9ccccn9)c8c7)c6)ccc(-c6ccccn6)c5[nH]4)c3c2)cn1. The van der Waals surface area contributed by atoms with Gasteiger partial charge >= 0.3 is 0 Å². The average molecular weight is 935 g/mol. The summed E-state index contributed by atoms with van der Waals surface area (Å²) in [5.41, 5.74) is 14.0. The van der Waals surface area contributed by atoms with Gasteiger partial charge < -0.3 is 20.6 Å². The summed E-state index contributed by atoms with van der Waals surface area (Å²) in [6.45, 7) is 3.69. The topological polar surface area (TPSA) is 250 Å². The van der Waals surface area contributed by atoms with Gasteiger partial charge in [0.1, 0.15) is 17.2 Å². The summed E-state index contributed by atoms with van der Waals surface area (Å²) in [4.78, 5) is 70.7. The first-order valence-electron chi connectivity index (χ1n) is 23.2. The maximum atomic E-state index is 14.0. The molecule has 2 amide bonds. The number of carbonyl (C=O) groups is 2. The normalized spacial score (nSPS) is 12.8. The summed E-state index contributed by atoms with van der Waals surface area (Å²) in [7, 11) is 0. The van der Waals surface area contributed by atoms with E-state index in [1.54, 1.807) is 56.4 Å². The van der Waals surface area contributed by atoms with Crippen LogP contribution >= 0.6 is 0 Å². The first-order chi connectivity index (χ1) is 34.8. The molecule has 12 rings (SSSR count). The van der Waals surface area contributed by atoms with Gasteiger partial charge in [-0.2, -0.15) is 10.2 Å². The van der Waals surface area contributed by atoms with Crippen molar-refractivity contribution in [3.8, 4) is 56.5 Å². The highest BCUT2D eigenvalue weighted by Gasteiger charge is 2.24. The fraction of sp³-hybridized carbons (Fsp3) is 0.132. The summed E-state index contributed by atoms with van der Waals surface area (Å²) >= 11 is 0. The number of anilines is 2. The van der Waals surface area contributed by atoms with Crippen molar-refractivity contribution >= 4 is 62.0 Å². The van der Waals surface area contributed by atoms with E-state index in [9.17, 15) is 9.59 Å². The quantitative estimate of drug-likeness (QED) is 0.0671. The van der Waals surface area contributed by atoms with Gasteiger partial charge in [0.2, 0.25) is 11.8 Å². The lowest BCUT2D eigenvalue weighted by molar-refractivity contribution is -0.119. The number of rotatable bonds is 12. The van der Waals surface area contributed by atoms with Crippen LogP contribution in [0.1, 0.15) is 49.3 Å². The Hall–Kier alpha value is -9.58. The lowest BCUT2D eigenvalue weighted by Crippen LogP contribution is -2.22. The van der Waals surface area contributed by atoms with Gasteiger partial charge in [-0.3, -0.25) is 34.7 Å². The molecule has 0 saturated heterocycles. The molecule has 71 heavy (non-hydrogen) atoms. The predicted molar refractivity (Wildman–Crippen MR) is 270 cm³/mol.